The third-order valence-electron chi connectivity index (χ3n) is 7.25. The molecule has 39 heavy (non-hydrogen) atoms. The Hall–Kier alpha value is -2.13. The van der Waals surface area contributed by atoms with Gasteiger partial charge in [0.05, 0.1) is 18.2 Å². The van der Waals surface area contributed by atoms with Crippen molar-refractivity contribution >= 4 is 23.6 Å². The monoisotopic (exact) mass is 572 g/mol. The van der Waals surface area contributed by atoms with E-state index in [1.807, 2.05) is 11.9 Å². The van der Waals surface area contributed by atoms with E-state index in [0.29, 0.717) is 12.3 Å². The van der Waals surface area contributed by atoms with Crippen LogP contribution in [0.4, 0.5) is 0 Å². The van der Waals surface area contributed by atoms with Gasteiger partial charge in [0.1, 0.15) is 53.5 Å². The molecular weight excluding hydrogens is 532 g/mol. The predicted octanol–water partition coefficient (Wildman–Crippen LogP) is -0.219. The minimum atomic E-state index is -1.62. The van der Waals surface area contributed by atoms with Crippen molar-refractivity contribution in [3.63, 3.8) is 0 Å². The summed E-state index contributed by atoms with van der Waals surface area (Å²) in [4.78, 5) is 27.3. The number of carbonyl (C=O) groups is 2. The molecule has 0 radical (unpaired) electrons. The summed E-state index contributed by atoms with van der Waals surface area (Å²) in [6, 6.07) is 2.36. The Kier molecular flexibility index (Phi) is 11.2. The number of phenolic OH excluding ortho intramolecular Hbond substituents is 2. The van der Waals surface area contributed by atoms with E-state index >= 15 is 0 Å². The van der Waals surface area contributed by atoms with Crippen LogP contribution >= 0.6 is 11.8 Å². The first-order chi connectivity index (χ1) is 18.5. The Morgan fingerprint density at radius 3 is 2.46 bits per heavy atom. The molecule has 2 aliphatic heterocycles. The number of aromatic hydroxyl groups is 2. The molecule has 0 spiro atoms. The molecule has 2 fully saturated rings. The maximum Gasteiger partial charge on any atom is 0.345 e. The second-order valence-electron chi connectivity index (χ2n) is 10.2. The molecule has 1 amide bonds. The van der Waals surface area contributed by atoms with Crippen LogP contribution in [0.5, 0.6) is 11.5 Å². The predicted molar refractivity (Wildman–Crippen MR) is 142 cm³/mol. The van der Waals surface area contributed by atoms with Gasteiger partial charge in [-0.05, 0) is 44.9 Å². The number of benzene rings is 1. The van der Waals surface area contributed by atoms with Gasteiger partial charge in [-0.2, -0.15) is 0 Å². The molecule has 7 N–H and O–H groups in total. The summed E-state index contributed by atoms with van der Waals surface area (Å²) >= 11 is 0.992. The number of nitrogens with one attached hydrogen (secondary N) is 1. The minimum Gasteiger partial charge on any atom is -0.507 e. The van der Waals surface area contributed by atoms with E-state index in [0.717, 1.165) is 31.1 Å². The minimum absolute atomic E-state index is 0.0920. The zero-order valence-electron chi connectivity index (χ0n) is 22.3. The molecule has 13 heteroatoms. The molecule has 1 aromatic rings. The Balaban J connectivity index is 1.61. The normalized spacial score (nSPS) is 31.0. The standard InChI is InChI=1S/C26H40N2O10S/c1-4-6-14-11-15(28(3)12-14)24(35)27-19(13(2)29)23-21(33)20(32)22(34)26(38-23)39-10-9-37-25(36)18-16(30)7-5-8-17(18)31/h5,7-8,13-15,19-23,26,29-34H,4,6,9-12H2,1-3H3,(H,27,35)/t13-,14-,15+,19-,20+,21-,22-,23-,26-/m1/s1. The fourth-order valence-corrected chi connectivity index (χ4v) is 6.16. The molecule has 9 atom stereocenters. The number of likely N-dealkylation sites (N-methyl/N-ethyl adjacent to an activating group) is 1. The number of rotatable bonds is 11. The molecule has 3 rings (SSSR count). The Labute approximate surface area is 231 Å². The van der Waals surface area contributed by atoms with Crippen LogP contribution in [0.1, 0.15) is 43.5 Å². The van der Waals surface area contributed by atoms with Crippen molar-refractivity contribution in [2.24, 2.45) is 5.92 Å². The number of carbonyl (C=O) groups excluding carboxylic acids is 2. The van der Waals surface area contributed by atoms with Crippen LogP contribution in [-0.2, 0) is 14.3 Å². The number of ether oxygens (including phenoxy) is 2. The zero-order valence-corrected chi connectivity index (χ0v) is 23.2. The van der Waals surface area contributed by atoms with Gasteiger partial charge < -0.3 is 45.4 Å². The highest BCUT2D eigenvalue weighted by Gasteiger charge is 2.49. The molecule has 2 saturated heterocycles. The van der Waals surface area contributed by atoms with Crippen molar-refractivity contribution in [1.29, 1.82) is 0 Å². The number of phenols is 2. The number of likely N-dealkylation sites (tertiary alicyclic amines) is 1. The number of amides is 1. The van der Waals surface area contributed by atoms with Gasteiger partial charge in [-0.25, -0.2) is 4.79 Å². The van der Waals surface area contributed by atoms with E-state index in [1.54, 1.807) is 0 Å². The summed E-state index contributed by atoms with van der Waals surface area (Å²) in [7, 11) is 1.86. The number of nitrogens with zero attached hydrogens (tertiary/aromatic N) is 1. The van der Waals surface area contributed by atoms with Gasteiger partial charge in [-0.15, -0.1) is 11.8 Å². The van der Waals surface area contributed by atoms with E-state index in [1.165, 1.54) is 25.1 Å². The van der Waals surface area contributed by atoms with Gasteiger partial charge in [0.15, 0.2) is 0 Å². The van der Waals surface area contributed by atoms with Crippen molar-refractivity contribution < 1.29 is 49.7 Å². The van der Waals surface area contributed by atoms with Crippen molar-refractivity contribution in [2.45, 2.75) is 81.1 Å². The first-order valence-corrected chi connectivity index (χ1v) is 14.2. The summed E-state index contributed by atoms with van der Waals surface area (Å²) in [6.45, 7) is 4.13. The van der Waals surface area contributed by atoms with Gasteiger partial charge >= 0.3 is 5.97 Å². The number of esters is 1. The Bertz CT molecular complexity index is 962. The van der Waals surface area contributed by atoms with E-state index < -0.39 is 65.5 Å². The first kappa shape index (κ1) is 31.4. The first-order valence-electron chi connectivity index (χ1n) is 13.1. The molecule has 0 unspecified atom stereocenters. The molecule has 1 aromatic carbocycles. The highest BCUT2D eigenvalue weighted by Crippen LogP contribution is 2.32. The molecule has 2 heterocycles. The van der Waals surface area contributed by atoms with Gasteiger partial charge in [-0.1, -0.05) is 19.4 Å². The fraction of sp³-hybridized carbons (Fsp3) is 0.692. The molecule has 12 nitrogen and oxygen atoms in total. The molecule has 220 valence electrons. The summed E-state index contributed by atoms with van der Waals surface area (Å²) < 4.78 is 11.0. The quantitative estimate of drug-likeness (QED) is 0.137. The average Bonchev–Trinajstić information content (AvgIpc) is 3.25. The molecule has 0 aromatic heterocycles. The van der Waals surface area contributed by atoms with Crippen molar-refractivity contribution in [3.8, 4) is 11.5 Å². The topological polar surface area (TPSA) is 189 Å². The van der Waals surface area contributed by atoms with E-state index in [4.69, 9.17) is 9.47 Å². The van der Waals surface area contributed by atoms with Gasteiger partial charge in [0.25, 0.3) is 0 Å². The van der Waals surface area contributed by atoms with Crippen molar-refractivity contribution in [1.82, 2.24) is 10.2 Å². The smallest absolute Gasteiger partial charge is 0.345 e. The lowest BCUT2D eigenvalue weighted by Crippen LogP contribution is -2.65. The number of hydrogen-bond donors (Lipinski definition) is 7. The van der Waals surface area contributed by atoms with Crippen LogP contribution < -0.4 is 5.32 Å². The third-order valence-corrected chi connectivity index (χ3v) is 8.37. The SMILES string of the molecule is CCC[C@@H]1C[C@@H](C(=O)N[C@@H]([C@H]2O[C@H](SCCOC(=O)c3c(O)cccc3O)[C@H](O)[C@@H](O)[C@H]2O)[C@@H](C)O)N(C)C1. The fourth-order valence-electron chi connectivity index (χ4n) is 5.18. The van der Waals surface area contributed by atoms with Crippen LogP contribution in [0.25, 0.3) is 0 Å². The summed E-state index contributed by atoms with van der Waals surface area (Å²) in [5.41, 5.74) is -1.45. The largest absolute Gasteiger partial charge is 0.507 e. The lowest BCUT2D eigenvalue weighted by Gasteiger charge is -2.44. The van der Waals surface area contributed by atoms with E-state index in [9.17, 15) is 40.2 Å². The lowest BCUT2D eigenvalue weighted by molar-refractivity contribution is -0.211. The maximum atomic E-state index is 13.1. The molecule has 2 aliphatic rings. The number of aliphatic hydroxyl groups is 4. The highest BCUT2D eigenvalue weighted by atomic mass is 32.2. The molecule has 0 bridgehead atoms. The number of aliphatic hydroxyl groups excluding tert-OH is 4. The zero-order chi connectivity index (χ0) is 28.9. The maximum absolute atomic E-state index is 13.1. The molecule has 0 aliphatic carbocycles. The number of hydrogen-bond acceptors (Lipinski definition) is 12. The van der Waals surface area contributed by atoms with Crippen molar-refractivity contribution in [2.75, 3.05) is 26.0 Å². The van der Waals surface area contributed by atoms with Crippen LogP contribution in [-0.4, -0.2) is 121 Å². The second-order valence-corrected chi connectivity index (χ2v) is 11.4. The van der Waals surface area contributed by atoms with Crippen LogP contribution in [0.3, 0.4) is 0 Å². The van der Waals surface area contributed by atoms with E-state index in [2.05, 4.69) is 12.2 Å². The van der Waals surface area contributed by atoms with Crippen LogP contribution in [0.15, 0.2) is 18.2 Å². The number of thioether (sulfide) groups is 1. The summed E-state index contributed by atoms with van der Waals surface area (Å²) in [5, 5.41) is 64.5. The average molecular weight is 573 g/mol. The van der Waals surface area contributed by atoms with Gasteiger partial charge in [-0.3, -0.25) is 9.69 Å². The van der Waals surface area contributed by atoms with E-state index in [-0.39, 0.29) is 23.8 Å². The summed E-state index contributed by atoms with van der Waals surface area (Å²) in [6.07, 6.45) is -4.40. The third kappa shape index (κ3) is 7.54. The highest BCUT2D eigenvalue weighted by molar-refractivity contribution is 7.99. The Morgan fingerprint density at radius 1 is 1.18 bits per heavy atom. The Morgan fingerprint density at radius 2 is 1.85 bits per heavy atom. The molecule has 0 saturated carbocycles. The molecular formula is C26H40N2O10S. The van der Waals surface area contributed by atoms with Crippen LogP contribution in [0.2, 0.25) is 0 Å². The van der Waals surface area contributed by atoms with Crippen molar-refractivity contribution in [3.05, 3.63) is 23.8 Å². The summed E-state index contributed by atoms with van der Waals surface area (Å²) in [5.74, 6) is -1.65. The lowest BCUT2D eigenvalue weighted by atomic mass is 9.92. The van der Waals surface area contributed by atoms with Gasteiger partial charge in [0.2, 0.25) is 5.91 Å². The van der Waals surface area contributed by atoms with Crippen LogP contribution in [0, 0.1) is 5.92 Å². The second kappa shape index (κ2) is 14.0. The van der Waals surface area contributed by atoms with Gasteiger partial charge in [0, 0.05) is 12.3 Å².